The molecule has 0 bridgehead atoms. The molecule has 1 atom stereocenters. The SMILES string of the molecule is CCn1nc(-c2ccc(NS(=O)(=O)c3cc(C)ccc3F)c(F)c2)c2c(N)ncc(C3=CCC(NC4COC4)CC3)c21. The fraction of sp³-hybridized carbons (Fsp3) is 0.333. The summed E-state index contributed by atoms with van der Waals surface area (Å²) >= 11 is 0. The molecule has 1 fully saturated rings. The zero-order chi connectivity index (χ0) is 29.6. The predicted octanol–water partition coefficient (Wildman–Crippen LogP) is 5.01. The Kier molecular flexibility index (Phi) is 7.46. The molecule has 2 aromatic heterocycles. The average molecular weight is 595 g/mol. The highest BCUT2D eigenvalue weighted by Crippen LogP contribution is 2.39. The summed E-state index contributed by atoms with van der Waals surface area (Å²) in [5, 5.41) is 9.02. The monoisotopic (exact) mass is 594 g/mol. The molecule has 4 N–H and O–H groups in total. The maximum atomic E-state index is 15.4. The zero-order valence-corrected chi connectivity index (χ0v) is 24.1. The summed E-state index contributed by atoms with van der Waals surface area (Å²) in [6.45, 7) is 5.67. The quantitative estimate of drug-likeness (QED) is 0.262. The van der Waals surface area contributed by atoms with Crippen molar-refractivity contribution in [2.45, 2.75) is 56.6 Å². The lowest BCUT2D eigenvalue weighted by atomic mass is 9.89. The van der Waals surface area contributed by atoms with Crippen molar-refractivity contribution in [2.24, 2.45) is 0 Å². The van der Waals surface area contributed by atoms with E-state index in [1.54, 1.807) is 19.2 Å². The molecule has 42 heavy (non-hydrogen) atoms. The number of halogens is 2. The zero-order valence-electron chi connectivity index (χ0n) is 23.3. The van der Waals surface area contributed by atoms with Crippen molar-refractivity contribution in [1.29, 1.82) is 0 Å². The Morgan fingerprint density at radius 3 is 2.60 bits per heavy atom. The normalized spacial score (nSPS) is 17.7. The molecule has 4 aromatic rings. The number of sulfonamides is 1. The number of aryl methyl sites for hydroxylation is 2. The molecule has 220 valence electrons. The van der Waals surface area contributed by atoms with E-state index in [1.807, 2.05) is 11.6 Å². The van der Waals surface area contributed by atoms with Crippen LogP contribution in [0.15, 0.2) is 53.6 Å². The van der Waals surface area contributed by atoms with Gasteiger partial charge in [0.1, 0.15) is 28.0 Å². The van der Waals surface area contributed by atoms with Crippen molar-refractivity contribution >= 4 is 38.0 Å². The van der Waals surface area contributed by atoms with Crippen molar-refractivity contribution in [3.63, 3.8) is 0 Å². The lowest BCUT2D eigenvalue weighted by molar-refractivity contribution is -0.0103. The van der Waals surface area contributed by atoms with E-state index in [0.29, 0.717) is 40.8 Å². The van der Waals surface area contributed by atoms with Crippen LogP contribution in [0.2, 0.25) is 0 Å². The number of aromatic nitrogens is 3. The third-order valence-corrected chi connectivity index (χ3v) is 9.21. The third-order valence-electron chi connectivity index (χ3n) is 7.83. The first-order chi connectivity index (χ1) is 20.1. The van der Waals surface area contributed by atoms with Gasteiger partial charge in [0.05, 0.1) is 35.8 Å². The fourth-order valence-electron chi connectivity index (χ4n) is 5.56. The molecule has 6 rings (SSSR count). The lowest BCUT2D eigenvalue weighted by Gasteiger charge is -2.33. The average Bonchev–Trinajstić information content (AvgIpc) is 3.34. The molecule has 1 saturated heterocycles. The van der Waals surface area contributed by atoms with E-state index in [0.717, 1.165) is 55.2 Å². The van der Waals surface area contributed by atoms with Gasteiger partial charge in [-0.3, -0.25) is 9.40 Å². The van der Waals surface area contributed by atoms with Crippen molar-refractivity contribution in [1.82, 2.24) is 20.1 Å². The maximum absolute atomic E-state index is 15.4. The van der Waals surface area contributed by atoms with E-state index in [9.17, 15) is 12.8 Å². The molecular weight excluding hydrogens is 562 g/mol. The van der Waals surface area contributed by atoms with Gasteiger partial charge >= 0.3 is 0 Å². The second kappa shape index (κ2) is 11.1. The molecule has 2 aliphatic rings. The Balaban J connectivity index is 1.33. The Morgan fingerprint density at radius 1 is 1.12 bits per heavy atom. The standard InChI is InChI=1S/C30H32F2N6O3S/c1-3-38-29-22(18-5-8-20(9-6-18)35-21-15-41-16-21)14-34-30(33)27(29)28(36-38)19-7-11-25(24(32)13-19)37-42(39,40)26-12-17(2)4-10-23(26)31/h4-5,7,10-14,20-21,35,37H,3,6,8-9,15-16H2,1-2H3,(H2,33,34). The Morgan fingerprint density at radius 2 is 1.93 bits per heavy atom. The molecule has 0 saturated carbocycles. The third kappa shape index (κ3) is 5.25. The van der Waals surface area contributed by atoms with E-state index < -0.39 is 26.6 Å². The van der Waals surface area contributed by atoms with Gasteiger partial charge < -0.3 is 15.8 Å². The smallest absolute Gasteiger partial charge is 0.264 e. The van der Waals surface area contributed by atoms with E-state index >= 15 is 4.39 Å². The van der Waals surface area contributed by atoms with Gasteiger partial charge in [0.25, 0.3) is 10.0 Å². The van der Waals surface area contributed by atoms with Crippen LogP contribution in [0.5, 0.6) is 0 Å². The molecule has 0 spiro atoms. The van der Waals surface area contributed by atoms with Gasteiger partial charge in [0.2, 0.25) is 0 Å². The number of nitrogens with two attached hydrogens (primary N) is 1. The molecule has 0 amide bonds. The van der Waals surface area contributed by atoms with Crippen molar-refractivity contribution in [2.75, 3.05) is 23.7 Å². The second-order valence-electron chi connectivity index (χ2n) is 10.8. The lowest BCUT2D eigenvalue weighted by Crippen LogP contribution is -2.50. The number of pyridine rings is 1. The van der Waals surface area contributed by atoms with Gasteiger partial charge in [-0.25, -0.2) is 22.2 Å². The highest BCUT2D eigenvalue weighted by atomic mass is 32.2. The van der Waals surface area contributed by atoms with Crippen molar-refractivity contribution in [3.05, 3.63) is 71.4 Å². The molecule has 1 unspecified atom stereocenters. The Bertz CT molecular complexity index is 1820. The van der Waals surface area contributed by atoms with Crippen LogP contribution in [0.4, 0.5) is 20.3 Å². The summed E-state index contributed by atoms with van der Waals surface area (Å²) in [6.07, 6.45) is 6.74. The first-order valence-electron chi connectivity index (χ1n) is 13.9. The summed E-state index contributed by atoms with van der Waals surface area (Å²) in [6, 6.07) is 8.58. The van der Waals surface area contributed by atoms with Gasteiger partial charge in [-0.15, -0.1) is 0 Å². The van der Waals surface area contributed by atoms with E-state index in [1.165, 1.54) is 24.3 Å². The number of ether oxygens (including phenoxy) is 1. The molecule has 0 radical (unpaired) electrons. The van der Waals surface area contributed by atoms with Gasteiger partial charge in [-0.1, -0.05) is 18.2 Å². The number of fused-ring (bicyclic) bond motifs is 1. The van der Waals surface area contributed by atoms with Crippen molar-refractivity contribution in [3.8, 4) is 11.3 Å². The molecule has 1 aliphatic heterocycles. The number of anilines is 2. The maximum Gasteiger partial charge on any atom is 0.264 e. The summed E-state index contributed by atoms with van der Waals surface area (Å²) in [5.74, 6) is -1.49. The van der Waals surface area contributed by atoms with E-state index in [2.05, 4.69) is 21.1 Å². The van der Waals surface area contributed by atoms with Crippen LogP contribution >= 0.6 is 0 Å². The molecule has 3 heterocycles. The highest BCUT2D eigenvalue weighted by Gasteiger charge is 2.27. The van der Waals surface area contributed by atoms with Crippen LogP contribution in [0.3, 0.4) is 0 Å². The van der Waals surface area contributed by atoms with Crippen molar-refractivity contribution < 1.29 is 21.9 Å². The second-order valence-corrected chi connectivity index (χ2v) is 12.4. The molecule has 1 aliphatic carbocycles. The number of hydrogen-bond donors (Lipinski definition) is 3. The summed E-state index contributed by atoms with van der Waals surface area (Å²) in [4.78, 5) is 3.92. The van der Waals surface area contributed by atoms with Crippen LogP contribution in [0.1, 0.15) is 37.3 Å². The van der Waals surface area contributed by atoms with Gasteiger partial charge in [-0.2, -0.15) is 5.10 Å². The van der Waals surface area contributed by atoms with E-state index in [4.69, 9.17) is 15.6 Å². The fourth-order valence-corrected chi connectivity index (χ4v) is 6.79. The largest absolute Gasteiger partial charge is 0.383 e. The number of benzene rings is 2. The minimum Gasteiger partial charge on any atom is -0.383 e. The van der Waals surface area contributed by atoms with Crippen LogP contribution in [-0.4, -0.2) is 48.5 Å². The Hall–Kier alpha value is -3.87. The minimum absolute atomic E-state index is 0.268. The number of hydrogen-bond acceptors (Lipinski definition) is 7. The summed E-state index contributed by atoms with van der Waals surface area (Å²) < 4.78 is 64.6. The number of nitrogens with one attached hydrogen (secondary N) is 2. The topological polar surface area (TPSA) is 124 Å². The first-order valence-corrected chi connectivity index (χ1v) is 15.4. The first kappa shape index (κ1) is 28.3. The van der Waals surface area contributed by atoms with Gasteiger partial charge in [0.15, 0.2) is 0 Å². The molecule has 2 aromatic carbocycles. The van der Waals surface area contributed by atoms with Gasteiger partial charge in [0, 0.05) is 29.9 Å². The number of nitrogen functional groups attached to an aromatic ring is 1. The highest BCUT2D eigenvalue weighted by molar-refractivity contribution is 7.92. The number of nitrogens with zero attached hydrogens (tertiary/aromatic N) is 3. The summed E-state index contributed by atoms with van der Waals surface area (Å²) in [5.41, 5.74) is 10.4. The molecule has 12 heteroatoms. The molecule has 9 nitrogen and oxygen atoms in total. The number of allylic oxidation sites excluding steroid dienone is 1. The van der Waals surface area contributed by atoms with Crippen LogP contribution in [0, 0.1) is 18.6 Å². The van der Waals surface area contributed by atoms with E-state index in [-0.39, 0.29) is 11.5 Å². The summed E-state index contributed by atoms with van der Waals surface area (Å²) in [7, 11) is -4.37. The predicted molar refractivity (Wildman–Crippen MR) is 158 cm³/mol. The number of rotatable bonds is 8. The van der Waals surface area contributed by atoms with Crippen LogP contribution in [0.25, 0.3) is 27.7 Å². The van der Waals surface area contributed by atoms with Crippen LogP contribution in [-0.2, 0) is 21.3 Å². The molecular formula is C30H32F2N6O3S. The Labute approximate surface area is 242 Å². The van der Waals surface area contributed by atoms with Crippen LogP contribution < -0.4 is 15.8 Å². The minimum atomic E-state index is -4.37. The van der Waals surface area contributed by atoms with Gasteiger partial charge in [-0.05, 0) is 68.5 Å².